The number of hydrogen-bond acceptors (Lipinski definition) is 3. The molecule has 7 heteroatoms. The predicted molar refractivity (Wildman–Crippen MR) is 122 cm³/mol. The summed E-state index contributed by atoms with van der Waals surface area (Å²) in [5.74, 6) is -1.80. The molecule has 1 aliphatic rings. The summed E-state index contributed by atoms with van der Waals surface area (Å²) >= 11 is 0. The van der Waals surface area contributed by atoms with Crippen LogP contribution < -0.4 is 4.90 Å². The quantitative estimate of drug-likeness (QED) is 0.405. The molecule has 0 aliphatic carbocycles. The average molecular weight is 448 g/mol. The van der Waals surface area contributed by atoms with Crippen molar-refractivity contribution >= 4 is 23.6 Å². The lowest BCUT2D eigenvalue weighted by atomic mass is 10.0. The van der Waals surface area contributed by atoms with E-state index in [1.807, 2.05) is 24.5 Å². The molecule has 5 nitrogen and oxygen atoms in total. The lowest BCUT2D eigenvalue weighted by molar-refractivity contribution is -0.136. The molecular formula is C26H22F2N2O3. The molecule has 4 rings (SSSR count). The fraction of sp³-hybridized carbons (Fsp3) is 0.154. The van der Waals surface area contributed by atoms with Crippen LogP contribution in [0, 0.1) is 25.5 Å². The zero-order valence-corrected chi connectivity index (χ0v) is 18.6. The number of benzene rings is 2. The molecule has 3 aromatic rings. The molecule has 2 aromatic carbocycles. The number of methoxy groups -OCH3 is 1. The second kappa shape index (κ2) is 8.50. The van der Waals surface area contributed by atoms with Crippen molar-refractivity contribution in [2.24, 2.45) is 0 Å². The van der Waals surface area contributed by atoms with E-state index in [-0.39, 0.29) is 17.0 Å². The van der Waals surface area contributed by atoms with E-state index in [0.717, 1.165) is 22.6 Å². The van der Waals surface area contributed by atoms with E-state index >= 15 is 0 Å². The Morgan fingerprint density at radius 3 is 2.00 bits per heavy atom. The molecule has 0 unspecified atom stereocenters. The van der Waals surface area contributed by atoms with Crippen molar-refractivity contribution in [2.75, 3.05) is 12.0 Å². The van der Waals surface area contributed by atoms with E-state index in [1.165, 1.54) is 48.4 Å². The van der Waals surface area contributed by atoms with E-state index in [9.17, 15) is 18.4 Å². The smallest absolute Gasteiger partial charge is 0.340 e. The molecule has 0 radical (unpaired) electrons. The van der Waals surface area contributed by atoms with Crippen molar-refractivity contribution in [3.63, 3.8) is 0 Å². The number of aryl methyl sites for hydroxylation is 1. The molecule has 0 bridgehead atoms. The molecule has 0 atom stereocenters. The van der Waals surface area contributed by atoms with Gasteiger partial charge in [-0.15, -0.1) is 0 Å². The Bertz CT molecular complexity index is 1320. The number of carbonyl (C=O) groups excluding carboxylic acids is 2. The van der Waals surface area contributed by atoms with Crippen LogP contribution in [0.5, 0.6) is 0 Å². The Kier molecular flexibility index (Phi) is 5.72. The van der Waals surface area contributed by atoms with Crippen LogP contribution in [0.2, 0.25) is 0 Å². The number of ether oxygens (including phenoxy) is 1. The van der Waals surface area contributed by atoms with Gasteiger partial charge in [0, 0.05) is 28.5 Å². The summed E-state index contributed by atoms with van der Waals surface area (Å²) in [6.45, 7) is 5.44. The number of aromatic nitrogens is 1. The molecule has 168 valence electrons. The SMILES string of the molecule is COC(=O)C1=C(C)N(c2ccc(F)cc2)C(=O)/C1=C\c1cc(C)n(-c2ccc(F)cc2)c1C. The minimum atomic E-state index is -0.635. The topological polar surface area (TPSA) is 51.5 Å². The van der Waals surface area contributed by atoms with Crippen LogP contribution in [-0.4, -0.2) is 23.6 Å². The van der Waals surface area contributed by atoms with Crippen molar-refractivity contribution in [3.8, 4) is 5.69 Å². The van der Waals surface area contributed by atoms with Crippen LogP contribution in [0.4, 0.5) is 14.5 Å². The third-order valence-corrected chi connectivity index (χ3v) is 5.73. The first-order valence-corrected chi connectivity index (χ1v) is 10.3. The van der Waals surface area contributed by atoms with Gasteiger partial charge >= 0.3 is 5.97 Å². The minimum Gasteiger partial charge on any atom is -0.465 e. The first kappa shape index (κ1) is 22.2. The summed E-state index contributed by atoms with van der Waals surface area (Å²) in [5, 5.41) is 0. The van der Waals surface area contributed by atoms with Crippen molar-refractivity contribution in [2.45, 2.75) is 20.8 Å². The number of anilines is 1. The van der Waals surface area contributed by atoms with Gasteiger partial charge in [0.05, 0.1) is 18.3 Å². The van der Waals surface area contributed by atoms with Gasteiger partial charge in [0.25, 0.3) is 5.91 Å². The Hall–Kier alpha value is -4.00. The van der Waals surface area contributed by atoms with E-state index < -0.39 is 17.7 Å². The molecule has 1 aromatic heterocycles. The van der Waals surface area contributed by atoms with Gasteiger partial charge in [-0.2, -0.15) is 0 Å². The van der Waals surface area contributed by atoms with E-state index in [2.05, 4.69) is 0 Å². The number of carbonyl (C=O) groups is 2. The summed E-state index contributed by atoms with van der Waals surface area (Å²) in [7, 11) is 1.26. The molecule has 0 spiro atoms. The first-order valence-electron chi connectivity index (χ1n) is 10.3. The molecule has 0 saturated carbocycles. The van der Waals surface area contributed by atoms with Gasteiger partial charge in [0.1, 0.15) is 11.6 Å². The van der Waals surface area contributed by atoms with Crippen molar-refractivity contribution in [1.82, 2.24) is 4.57 Å². The molecule has 0 N–H and O–H groups in total. The second-order valence-corrected chi connectivity index (χ2v) is 7.77. The highest BCUT2D eigenvalue weighted by Gasteiger charge is 2.38. The Labute approximate surface area is 190 Å². The minimum absolute atomic E-state index is 0.151. The number of esters is 1. The number of nitrogens with zero attached hydrogens (tertiary/aromatic N) is 2. The molecule has 1 aliphatic heterocycles. The predicted octanol–water partition coefficient (Wildman–Crippen LogP) is 5.25. The van der Waals surface area contributed by atoms with Gasteiger partial charge in [-0.05, 0) is 87.0 Å². The number of rotatable bonds is 4. The molecular weight excluding hydrogens is 426 g/mol. The largest absolute Gasteiger partial charge is 0.465 e. The van der Waals surface area contributed by atoms with Crippen LogP contribution in [-0.2, 0) is 14.3 Å². The average Bonchev–Trinajstić information content (AvgIpc) is 3.21. The van der Waals surface area contributed by atoms with Crippen LogP contribution in [0.25, 0.3) is 11.8 Å². The fourth-order valence-electron chi connectivity index (χ4n) is 4.16. The summed E-state index contributed by atoms with van der Waals surface area (Å²) in [6, 6.07) is 13.5. The van der Waals surface area contributed by atoms with Crippen LogP contribution in [0.1, 0.15) is 23.9 Å². The zero-order valence-electron chi connectivity index (χ0n) is 18.6. The van der Waals surface area contributed by atoms with Crippen molar-refractivity contribution < 1.29 is 23.1 Å². The summed E-state index contributed by atoms with van der Waals surface area (Å²) in [4.78, 5) is 27.4. The Balaban J connectivity index is 1.84. The maximum Gasteiger partial charge on any atom is 0.340 e. The highest BCUT2D eigenvalue weighted by Crippen LogP contribution is 2.36. The van der Waals surface area contributed by atoms with Gasteiger partial charge in [0.2, 0.25) is 0 Å². The molecule has 2 heterocycles. The van der Waals surface area contributed by atoms with Crippen LogP contribution >= 0.6 is 0 Å². The van der Waals surface area contributed by atoms with Crippen LogP contribution in [0.15, 0.2) is 71.4 Å². The summed E-state index contributed by atoms with van der Waals surface area (Å²) in [6.07, 6.45) is 1.66. The van der Waals surface area contributed by atoms with Gasteiger partial charge in [-0.25, -0.2) is 13.6 Å². The third-order valence-electron chi connectivity index (χ3n) is 5.73. The van der Waals surface area contributed by atoms with Gasteiger partial charge < -0.3 is 9.30 Å². The standard InChI is InChI=1S/C26H22F2N2O3/c1-15-13-18(16(2)29(15)21-9-5-19(27)6-10-21)14-23-24(26(32)33-4)17(3)30(25(23)31)22-11-7-20(28)8-12-22/h5-14H,1-4H3/b23-14-. The lowest BCUT2D eigenvalue weighted by Crippen LogP contribution is -2.24. The van der Waals surface area contributed by atoms with Crippen molar-refractivity contribution in [1.29, 1.82) is 0 Å². The fourth-order valence-corrected chi connectivity index (χ4v) is 4.16. The highest BCUT2D eigenvalue weighted by molar-refractivity contribution is 6.23. The highest BCUT2D eigenvalue weighted by atomic mass is 19.1. The summed E-state index contributed by atoms with van der Waals surface area (Å²) < 4.78 is 33.7. The van der Waals surface area contributed by atoms with Gasteiger partial charge in [0.15, 0.2) is 0 Å². The third kappa shape index (κ3) is 3.86. The Morgan fingerprint density at radius 2 is 1.45 bits per heavy atom. The normalized spacial score (nSPS) is 15.0. The monoisotopic (exact) mass is 448 g/mol. The number of hydrogen-bond donors (Lipinski definition) is 0. The van der Waals surface area contributed by atoms with Crippen LogP contribution in [0.3, 0.4) is 0 Å². The van der Waals surface area contributed by atoms with E-state index in [1.54, 1.807) is 25.1 Å². The van der Waals surface area contributed by atoms with E-state index in [0.29, 0.717) is 11.4 Å². The second-order valence-electron chi connectivity index (χ2n) is 7.77. The number of halogens is 2. The molecule has 0 saturated heterocycles. The van der Waals surface area contributed by atoms with Gasteiger partial charge in [-0.3, -0.25) is 9.69 Å². The maximum atomic E-state index is 13.4. The molecule has 1 amide bonds. The molecule has 0 fully saturated rings. The lowest BCUT2D eigenvalue weighted by Gasteiger charge is -2.17. The number of allylic oxidation sites excluding steroid dienone is 1. The zero-order chi connectivity index (χ0) is 23.9. The maximum absolute atomic E-state index is 13.4. The van der Waals surface area contributed by atoms with Gasteiger partial charge in [-0.1, -0.05) is 0 Å². The summed E-state index contributed by atoms with van der Waals surface area (Å²) in [5.41, 5.74) is 4.39. The van der Waals surface area contributed by atoms with E-state index in [4.69, 9.17) is 4.74 Å². The number of amides is 1. The molecule has 33 heavy (non-hydrogen) atoms. The first-order chi connectivity index (χ1) is 15.7. The van der Waals surface area contributed by atoms with Crippen molar-refractivity contribution in [3.05, 3.63) is 100 Å². The Morgan fingerprint density at radius 1 is 0.909 bits per heavy atom.